The second-order valence-corrected chi connectivity index (χ2v) is 13.3. The summed E-state index contributed by atoms with van der Waals surface area (Å²) in [5, 5.41) is 24.5. The van der Waals surface area contributed by atoms with Crippen LogP contribution in [0.3, 0.4) is 0 Å². The number of methoxy groups -OCH3 is 1. The van der Waals surface area contributed by atoms with E-state index in [1.54, 1.807) is 23.8 Å². The Bertz CT molecular complexity index is 1670. The third kappa shape index (κ3) is 9.62. The highest BCUT2D eigenvalue weighted by molar-refractivity contribution is 7.99. The largest absolute Gasteiger partial charge is 0.497 e. The lowest BCUT2D eigenvalue weighted by Gasteiger charge is -2.27. The van der Waals surface area contributed by atoms with Crippen molar-refractivity contribution in [3.8, 4) is 5.75 Å². The Kier molecular flexibility index (Phi) is 12.1. The van der Waals surface area contributed by atoms with E-state index in [1.807, 2.05) is 24.3 Å². The van der Waals surface area contributed by atoms with Crippen molar-refractivity contribution in [2.24, 2.45) is 5.92 Å². The third-order valence-corrected chi connectivity index (χ3v) is 9.90. The number of nitro benzene ring substituents is 2. The molecule has 1 N–H and O–H groups in total. The van der Waals surface area contributed by atoms with Crippen LogP contribution >= 0.6 is 11.8 Å². The number of non-ortho nitro benzene ring substituents is 2. The minimum Gasteiger partial charge on any atom is -0.497 e. The molecule has 3 amide bonds. The van der Waals surface area contributed by atoms with Crippen molar-refractivity contribution in [2.75, 3.05) is 33.3 Å². The number of hydrogen-bond acceptors (Lipinski definition) is 11. The first-order chi connectivity index (χ1) is 24.1. The van der Waals surface area contributed by atoms with E-state index in [0.29, 0.717) is 49.4 Å². The number of likely N-dealkylation sites (tertiary alicyclic amines) is 2. The number of benzene rings is 3. The lowest BCUT2D eigenvalue weighted by Crippen LogP contribution is -2.47. The lowest BCUT2D eigenvalue weighted by molar-refractivity contribution is -0.385. The Labute approximate surface area is 292 Å². The van der Waals surface area contributed by atoms with Gasteiger partial charge in [-0.25, -0.2) is 9.59 Å². The summed E-state index contributed by atoms with van der Waals surface area (Å²) < 4.78 is 16.1. The molecule has 15 nitrogen and oxygen atoms in total. The van der Waals surface area contributed by atoms with Crippen molar-refractivity contribution in [2.45, 2.75) is 43.1 Å². The predicted octanol–water partition coefficient (Wildman–Crippen LogP) is 5.30. The Morgan fingerprint density at radius 1 is 0.840 bits per heavy atom. The minimum atomic E-state index is -0.730. The Balaban J connectivity index is 1.15. The summed E-state index contributed by atoms with van der Waals surface area (Å²) in [6, 6.07) is 18.4. The molecule has 3 aromatic rings. The quantitative estimate of drug-likeness (QED) is 0.180. The fourth-order valence-corrected chi connectivity index (χ4v) is 6.99. The van der Waals surface area contributed by atoms with E-state index in [-0.39, 0.29) is 48.2 Å². The second-order valence-electron chi connectivity index (χ2n) is 12.0. The van der Waals surface area contributed by atoms with Gasteiger partial charge in [0.05, 0.1) is 17.0 Å². The molecule has 0 bridgehead atoms. The number of amides is 3. The molecule has 264 valence electrons. The van der Waals surface area contributed by atoms with Crippen LogP contribution in [0.2, 0.25) is 0 Å². The number of nitro groups is 2. The first-order valence-electron chi connectivity index (χ1n) is 15.9. The maximum atomic E-state index is 13.9. The van der Waals surface area contributed by atoms with Crippen LogP contribution in [0.1, 0.15) is 29.5 Å². The number of carbonyl (C=O) groups excluding carboxylic acids is 3. The molecule has 2 aliphatic heterocycles. The van der Waals surface area contributed by atoms with Gasteiger partial charge in [-0.15, -0.1) is 0 Å². The van der Waals surface area contributed by atoms with Crippen molar-refractivity contribution < 1.29 is 38.4 Å². The average molecular weight is 708 g/mol. The van der Waals surface area contributed by atoms with E-state index in [2.05, 4.69) is 5.32 Å². The van der Waals surface area contributed by atoms with Crippen molar-refractivity contribution in [3.05, 3.63) is 110 Å². The molecule has 0 unspecified atom stereocenters. The van der Waals surface area contributed by atoms with Crippen LogP contribution in [0.15, 0.2) is 72.8 Å². The van der Waals surface area contributed by atoms with Gasteiger partial charge in [-0.3, -0.25) is 29.9 Å². The topological polar surface area (TPSA) is 184 Å². The molecular weight excluding hydrogens is 670 g/mol. The molecule has 16 heteroatoms. The summed E-state index contributed by atoms with van der Waals surface area (Å²) in [5.41, 5.74) is 2.15. The van der Waals surface area contributed by atoms with Crippen LogP contribution < -0.4 is 10.1 Å². The van der Waals surface area contributed by atoms with Crippen LogP contribution in [0, 0.1) is 26.1 Å². The molecule has 50 heavy (non-hydrogen) atoms. The maximum Gasteiger partial charge on any atom is 0.410 e. The van der Waals surface area contributed by atoms with Crippen LogP contribution in [0.4, 0.5) is 21.0 Å². The van der Waals surface area contributed by atoms with E-state index in [9.17, 15) is 34.6 Å². The fourth-order valence-electron chi connectivity index (χ4n) is 5.78. The van der Waals surface area contributed by atoms with Crippen LogP contribution in [-0.4, -0.2) is 82.3 Å². The van der Waals surface area contributed by atoms with E-state index in [0.717, 1.165) is 11.3 Å². The van der Waals surface area contributed by atoms with Crippen molar-refractivity contribution in [3.63, 3.8) is 0 Å². The van der Waals surface area contributed by atoms with Crippen LogP contribution in [0.25, 0.3) is 0 Å². The van der Waals surface area contributed by atoms with Crippen molar-refractivity contribution in [1.29, 1.82) is 0 Å². The molecule has 0 radical (unpaired) electrons. The average Bonchev–Trinajstić information content (AvgIpc) is 3.79. The van der Waals surface area contributed by atoms with Crippen LogP contribution in [-0.2, 0) is 33.2 Å². The first kappa shape index (κ1) is 35.9. The molecule has 2 heterocycles. The second kappa shape index (κ2) is 16.8. The number of ether oxygens (including phenoxy) is 3. The highest BCUT2D eigenvalue weighted by atomic mass is 32.2. The number of alkyl carbamates (subject to hydrolysis) is 1. The fraction of sp³-hybridized carbons (Fsp3) is 0.382. The number of carbonyl (C=O) groups is 3. The highest BCUT2D eigenvalue weighted by Crippen LogP contribution is 2.33. The maximum absolute atomic E-state index is 13.9. The normalized spacial score (nSPS) is 18.4. The minimum absolute atomic E-state index is 0.0185. The van der Waals surface area contributed by atoms with Gasteiger partial charge in [-0.05, 0) is 71.8 Å². The monoisotopic (exact) mass is 707 g/mol. The number of hydrogen-bond donors (Lipinski definition) is 1. The summed E-state index contributed by atoms with van der Waals surface area (Å²) >= 11 is 1.65. The third-order valence-electron chi connectivity index (χ3n) is 8.59. The smallest absolute Gasteiger partial charge is 0.410 e. The zero-order valence-corrected chi connectivity index (χ0v) is 28.1. The zero-order valence-electron chi connectivity index (χ0n) is 27.3. The van der Waals surface area contributed by atoms with Gasteiger partial charge < -0.3 is 24.4 Å². The SMILES string of the molecule is COc1ccc(CS[C@H]2C[C@@H](C(=O)N3CC[C@H](CNC(=O)OCc4ccc([N+](=O)[O-])cc4)C3)N(C(=O)OCc3ccc([N+](=O)[O-])cc3)C2)cc1. The number of nitrogens with one attached hydrogen (secondary N) is 1. The number of nitrogens with zero attached hydrogens (tertiary/aromatic N) is 4. The van der Waals surface area contributed by atoms with Gasteiger partial charge in [0.2, 0.25) is 5.91 Å². The molecule has 0 aromatic heterocycles. The van der Waals surface area contributed by atoms with Gasteiger partial charge in [-0.1, -0.05) is 12.1 Å². The van der Waals surface area contributed by atoms with E-state index in [1.165, 1.54) is 53.4 Å². The van der Waals surface area contributed by atoms with E-state index >= 15 is 0 Å². The summed E-state index contributed by atoms with van der Waals surface area (Å²) in [5.74, 6) is 1.23. The summed E-state index contributed by atoms with van der Waals surface area (Å²) in [7, 11) is 1.61. The Morgan fingerprint density at radius 3 is 2.00 bits per heavy atom. The van der Waals surface area contributed by atoms with Gasteiger partial charge in [0.25, 0.3) is 11.4 Å². The van der Waals surface area contributed by atoms with Crippen molar-refractivity contribution >= 4 is 41.2 Å². The van der Waals surface area contributed by atoms with Gasteiger partial charge in [0, 0.05) is 61.4 Å². The molecule has 3 aromatic carbocycles. The molecule has 0 saturated carbocycles. The molecule has 2 fully saturated rings. The standard InChI is InChI=1S/C34H37N5O10S/c1-47-29-12-6-25(7-13-29)22-50-30-16-31(37(19-30)34(42)49-21-24-4-10-28(11-5-24)39(45)46)32(40)36-15-14-26(18-36)17-35-33(41)48-20-23-2-8-27(9-3-23)38(43)44/h2-13,26,30-31H,14-22H2,1H3,(H,35,41)/t26-,30+,31+/m1/s1. The summed E-state index contributed by atoms with van der Waals surface area (Å²) in [4.78, 5) is 63.5. The van der Waals surface area contributed by atoms with E-state index in [4.69, 9.17) is 14.2 Å². The zero-order chi connectivity index (χ0) is 35.6. The van der Waals surface area contributed by atoms with Gasteiger partial charge >= 0.3 is 12.2 Å². The lowest BCUT2D eigenvalue weighted by atomic mass is 10.1. The molecular formula is C34H37N5O10S. The summed E-state index contributed by atoms with van der Waals surface area (Å²) in [6.07, 6.45) is -0.174. The van der Waals surface area contributed by atoms with Gasteiger partial charge in [-0.2, -0.15) is 11.8 Å². The van der Waals surface area contributed by atoms with E-state index < -0.39 is 28.1 Å². The van der Waals surface area contributed by atoms with Crippen molar-refractivity contribution in [1.82, 2.24) is 15.1 Å². The number of thioether (sulfide) groups is 1. The molecule has 0 spiro atoms. The number of rotatable bonds is 13. The predicted molar refractivity (Wildman–Crippen MR) is 182 cm³/mol. The molecule has 5 rings (SSSR count). The molecule has 2 saturated heterocycles. The molecule has 0 aliphatic carbocycles. The van der Waals surface area contributed by atoms with Gasteiger partial charge in [0.15, 0.2) is 0 Å². The highest BCUT2D eigenvalue weighted by Gasteiger charge is 2.43. The first-order valence-corrected chi connectivity index (χ1v) is 17.0. The Hall–Kier alpha value is -5.38. The summed E-state index contributed by atoms with van der Waals surface area (Å²) in [6.45, 7) is 1.32. The molecule has 2 aliphatic rings. The Morgan fingerprint density at radius 2 is 1.42 bits per heavy atom. The van der Waals surface area contributed by atoms with Crippen LogP contribution in [0.5, 0.6) is 5.75 Å². The van der Waals surface area contributed by atoms with Gasteiger partial charge in [0.1, 0.15) is 25.0 Å². The molecule has 3 atom stereocenters.